The fourth-order valence-electron chi connectivity index (χ4n) is 0.746. The van der Waals surface area contributed by atoms with Crippen LogP contribution in [0.3, 0.4) is 0 Å². The van der Waals surface area contributed by atoms with Crippen LogP contribution in [-0.4, -0.2) is 11.6 Å². The Balaban J connectivity index is 2.75. The quantitative estimate of drug-likeness (QED) is 0.742. The van der Waals surface area contributed by atoms with E-state index in [4.69, 9.17) is 4.74 Å². The minimum atomic E-state index is 0.494. The molecule has 0 amide bonds. The Morgan fingerprint density at radius 2 is 2.42 bits per heavy atom. The van der Waals surface area contributed by atoms with Crippen LogP contribution in [0.4, 0.5) is 0 Å². The molecule has 0 aromatic carbocycles. The number of ether oxygens (including phenoxy) is 1. The number of aryl methyl sites for hydroxylation is 1. The van der Waals surface area contributed by atoms with Crippen molar-refractivity contribution in [2.24, 2.45) is 0 Å². The Bertz CT molecular complexity index is 286. The molecule has 0 saturated heterocycles. The molecule has 12 heavy (non-hydrogen) atoms. The number of rotatable bonds is 3. The lowest BCUT2D eigenvalue weighted by molar-refractivity contribution is 0.348. The summed E-state index contributed by atoms with van der Waals surface area (Å²) in [5.41, 5.74) is 0.927. The highest BCUT2D eigenvalue weighted by Gasteiger charge is 1.97. The smallest absolute Gasteiger partial charge is 0.213 e. The average molecular weight is 228 g/mol. The fraction of sp³-hybridized carbons (Fsp3) is 0.222. The van der Waals surface area contributed by atoms with Crippen LogP contribution in [0.15, 0.2) is 29.3 Å². The summed E-state index contributed by atoms with van der Waals surface area (Å²) in [7, 11) is 0. The van der Waals surface area contributed by atoms with Gasteiger partial charge in [-0.15, -0.1) is 0 Å². The maximum absolute atomic E-state index is 5.24. The first-order valence-corrected chi connectivity index (χ1v) is 4.40. The Hall–Kier alpha value is -0.830. The molecule has 1 heterocycles. The molecule has 0 aliphatic heterocycles. The van der Waals surface area contributed by atoms with Crippen molar-refractivity contribution >= 4 is 15.9 Å². The van der Waals surface area contributed by atoms with Crippen molar-refractivity contribution in [3.05, 3.63) is 35.0 Å². The van der Waals surface area contributed by atoms with Gasteiger partial charge >= 0.3 is 0 Å². The molecule has 0 spiro atoms. The Morgan fingerprint density at radius 3 is 3.00 bits per heavy atom. The number of halogens is 1. The van der Waals surface area contributed by atoms with E-state index >= 15 is 0 Å². The molecule has 2 nitrogen and oxygen atoms in total. The van der Waals surface area contributed by atoms with Crippen molar-refractivity contribution in [2.75, 3.05) is 6.61 Å². The van der Waals surface area contributed by atoms with E-state index in [-0.39, 0.29) is 0 Å². The molecule has 1 aromatic heterocycles. The van der Waals surface area contributed by atoms with Gasteiger partial charge in [0, 0.05) is 10.5 Å². The Kier molecular flexibility index (Phi) is 3.29. The minimum Gasteiger partial charge on any atom is -0.473 e. The first-order valence-electron chi connectivity index (χ1n) is 3.61. The van der Waals surface area contributed by atoms with E-state index in [9.17, 15) is 0 Å². The van der Waals surface area contributed by atoms with Gasteiger partial charge in [-0.2, -0.15) is 0 Å². The largest absolute Gasteiger partial charge is 0.473 e. The van der Waals surface area contributed by atoms with Crippen molar-refractivity contribution in [2.45, 2.75) is 6.92 Å². The molecular formula is C9H10BrNO. The summed E-state index contributed by atoms with van der Waals surface area (Å²) in [4.78, 5) is 4.19. The Labute approximate surface area is 80.4 Å². The normalized spacial score (nSPS) is 9.50. The van der Waals surface area contributed by atoms with E-state index in [1.807, 2.05) is 19.1 Å². The van der Waals surface area contributed by atoms with Crippen LogP contribution in [0.25, 0.3) is 0 Å². The van der Waals surface area contributed by atoms with Crippen molar-refractivity contribution < 1.29 is 4.74 Å². The minimum absolute atomic E-state index is 0.494. The molecule has 0 saturated carbocycles. The average Bonchev–Trinajstić information content (AvgIpc) is 2.07. The van der Waals surface area contributed by atoms with Crippen LogP contribution in [0.5, 0.6) is 5.88 Å². The molecule has 0 fully saturated rings. The van der Waals surface area contributed by atoms with Gasteiger partial charge in [0.1, 0.15) is 6.61 Å². The summed E-state index contributed by atoms with van der Waals surface area (Å²) in [5.74, 6) is 0.635. The van der Waals surface area contributed by atoms with Gasteiger partial charge in [0.25, 0.3) is 0 Å². The summed E-state index contributed by atoms with van der Waals surface area (Å²) in [6.07, 6.45) is 1.69. The second kappa shape index (κ2) is 4.26. The second-order valence-electron chi connectivity index (χ2n) is 2.32. The predicted molar refractivity (Wildman–Crippen MR) is 52.4 cm³/mol. The summed E-state index contributed by atoms with van der Waals surface area (Å²) in [6.45, 7) is 5.97. The van der Waals surface area contributed by atoms with Crippen molar-refractivity contribution in [3.8, 4) is 5.88 Å². The molecule has 0 N–H and O–H groups in total. The van der Waals surface area contributed by atoms with Gasteiger partial charge in [0.15, 0.2) is 0 Å². The van der Waals surface area contributed by atoms with Crippen LogP contribution >= 0.6 is 15.9 Å². The Morgan fingerprint density at radius 1 is 1.67 bits per heavy atom. The molecule has 0 radical (unpaired) electrons. The number of hydrogen-bond donors (Lipinski definition) is 0. The van der Waals surface area contributed by atoms with Gasteiger partial charge in [-0.3, -0.25) is 0 Å². The highest BCUT2D eigenvalue weighted by Crippen LogP contribution is 2.17. The van der Waals surface area contributed by atoms with Crippen molar-refractivity contribution in [3.63, 3.8) is 0 Å². The fourth-order valence-corrected chi connectivity index (χ4v) is 0.967. The van der Waals surface area contributed by atoms with E-state index in [2.05, 4.69) is 27.5 Å². The second-order valence-corrected chi connectivity index (χ2v) is 3.17. The molecule has 0 atom stereocenters. The number of aromatic nitrogens is 1. The SMILES string of the molecule is C=CCOc1ccc(Br)c(C)n1. The van der Waals surface area contributed by atoms with Crippen LogP contribution in [0.2, 0.25) is 0 Å². The standard InChI is InChI=1S/C9H10BrNO/c1-3-6-12-9-5-4-8(10)7(2)11-9/h3-5H,1,6H2,2H3. The summed E-state index contributed by atoms with van der Waals surface area (Å²) < 4.78 is 6.23. The van der Waals surface area contributed by atoms with Gasteiger partial charge in [-0.05, 0) is 28.9 Å². The molecule has 64 valence electrons. The summed E-state index contributed by atoms with van der Waals surface area (Å²) in [5, 5.41) is 0. The lowest BCUT2D eigenvalue weighted by Crippen LogP contribution is -1.96. The van der Waals surface area contributed by atoms with E-state index in [1.54, 1.807) is 6.08 Å². The number of hydrogen-bond acceptors (Lipinski definition) is 2. The van der Waals surface area contributed by atoms with Crippen molar-refractivity contribution in [1.82, 2.24) is 4.98 Å². The van der Waals surface area contributed by atoms with E-state index in [0.717, 1.165) is 10.2 Å². The van der Waals surface area contributed by atoms with Crippen LogP contribution in [0, 0.1) is 6.92 Å². The lowest BCUT2D eigenvalue weighted by Gasteiger charge is -2.03. The van der Waals surface area contributed by atoms with E-state index < -0.39 is 0 Å². The number of nitrogens with zero attached hydrogens (tertiary/aromatic N) is 1. The van der Waals surface area contributed by atoms with Crippen molar-refractivity contribution in [1.29, 1.82) is 0 Å². The highest BCUT2D eigenvalue weighted by atomic mass is 79.9. The number of pyridine rings is 1. The summed E-state index contributed by atoms with van der Waals surface area (Å²) >= 11 is 3.36. The highest BCUT2D eigenvalue weighted by molar-refractivity contribution is 9.10. The topological polar surface area (TPSA) is 22.1 Å². The van der Waals surface area contributed by atoms with Gasteiger partial charge in [0.2, 0.25) is 5.88 Å². The zero-order valence-corrected chi connectivity index (χ0v) is 8.47. The van der Waals surface area contributed by atoms with Crippen LogP contribution in [0.1, 0.15) is 5.69 Å². The lowest BCUT2D eigenvalue weighted by atomic mass is 10.4. The first kappa shape index (κ1) is 9.26. The van der Waals surface area contributed by atoms with Gasteiger partial charge in [-0.1, -0.05) is 12.7 Å². The molecule has 3 heteroatoms. The van der Waals surface area contributed by atoms with Crippen LogP contribution < -0.4 is 4.74 Å². The summed E-state index contributed by atoms with van der Waals surface area (Å²) in [6, 6.07) is 3.74. The van der Waals surface area contributed by atoms with Gasteiger partial charge in [0.05, 0.1) is 5.69 Å². The zero-order valence-electron chi connectivity index (χ0n) is 6.88. The molecular weight excluding hydrogens is 218 g/mol. The van der Waals surface area contributed by atoms with E-state index in [1.165, 1.54) is 0 Å². The maximum atomic E-state index is 5.24. The molecule has 1 aromatic rings. The molecule has 0 unspecified atom stereocenters. The molecule has 1 rings (SSSR count). The third-order valence-electron chi connectivity index (χ3n) is 1.34. The zero-order chi connectivity index (χ0) is 8.97. The molecule has 0 aliphatic rings. The first-order chi connectivity index (χ1) is 5.74. The van der Waals surface area contributed by atoms with Gasteiger partial charge < -0.3 is 4.74 Å². The molecule has 0 bridgehead atoms. The third kappa shape index (κ3) is 2.34. The maximum Gasteiger partial charge on any atom is 0.213 e. The third-order valence-corrected chi connectivity index (χ3v) is 2.18. The van der Waals surface area contributed by atoms with Gasteiger partial charge in [-0.25, -0.2) is 4.98 Å². The van der Waals surface area contributed by atoms with Crippen LogP contribution in [-0.2, 0) is 0 Å². The monoisotopic (exact) mass is 227 g/mol. The molecule has 0 aliphatic carbocycles. The predicted octanol–water partition coefficient (Wildman–Crippen LogP) is 2.72. The van der Waals surface area contributed by atoms with E-state index in [0.29, 0.717) is 12.5 Å².